The van der Waals surface area contributed by atoms with Crippen LogP contribution in [-0.4, -0.2) is 37.6 Å². The van der Waals surface area contributed by atoms with Crippen molar-refractivity contribution in [3.63, 3.8) is 0 Å². The zero-order valence-corrected chi connectivity index (χ0v) is 15.9. The number of benzene rings is 2. The van der Waals surface area contributed by atoms with Crippen molar-refractivity contribution in [3.8, 4) is 5.75 Å². The second kappa shape index (κ2) is 8.37. The highest BCUT2D eigenvalue weighted by molar-refractivity contribution is 5.94. The highest BCUT2D eigenvalue weighted by Gasteiger charge is 2.24. The SMILES string of the molecule is COc1cccc(C(CNC(=O)c2ccc(C)c(C)c2)N2CCCC2)c1. The molecular weight excluding hydrogens is 324 g/mol. The Labute approximate surface area is 156 Å². The molecule has 1 aliphatic heterocycles. The summed E-state index contributed by atoms with van der Waals surface area (Å²) < 4.78 is 5.38. The number of hydrogen-bond donors (Lipinski definition) is 1. The Kier molecular flexibility index (Phi) is 5.94. The predicted octanol–water partition coefficient (Wildman–Crippen LogP) is 3.88. The van der Waals surface area contributed by atoms with E-state index in [1.165, 1.54) is 24.0 Å². The van der Waals surface area contributed by atoms with Crippen LogP contribution >= 0.6 is 0 Å². The molecule has 1 fully saturated rings. The third-order valence-corrected chi connectivity index (χ3v) is 5.29. The summed E-state index contributed by atoms with van der Waals surface area (Å²) in [6, 6.07) is 14.2. The van der Waals surface area contributed by atoms with Crippen molar-refractivity contribution < 1.29 is 9.53 Å². The molecule has 138 valence electrons. The van der Waals surface area contributed by atoms with Crippen LogP contribution in [0.5, 0.6) is 5.75 Å². The maximum atomic E-state index is 12.6. The Hall–Kier alpha value is -2.33. The Bertz CT molecular complexity index is 766. The summed E-state index contributed by atoms with van der Waals surface area (Å²) in [5, 5.41) is 3.14. The molecule has 0 radical (unpaired) electrons. The van der Waals surface area contributed by atoms with E-state index >= 15 is 0 Å². The van der Waals surface area contributed by atoms with Crippen LogP contribution in [0.25, 0.3) is 0 Å². The van der Waals surface area contributed by atoms with Crippen LogP contribution in [0.1, 0.15) is 45.9 Å². The number of aryl methyl sites for hydroxylation is 2. The molecule has 1 saturated heterocycles. The number of hydrogen-bond acceptors (Lipinski definition) is 3. The molecule has 0 saturated carbocycles. The minimum Gasteiger partial charge on any atom is -0.497 e. The summed E-state index contributed by atoms with van der Waals surface area (Å²) in [7, 11) is 1.69. The van der Waals surface area contributed by atoms with E-state index < -0.39 is 0 Å². The van der Waals surface area contributed by atoms with E-state index in [9.17, 15) is 4.79 Å². The number of methoxy groups -OCH3 is 1. The van der Waals surface area contributed by atoms with Crippen LogP contribution in [0.15, 0.2) is 42.5 Å². The zero-order valence-electron chi connectivity index (χ0n) is 15.9. The van der Waals surface area contributed by atoms with Gasteiger partial charge in [0.1, 0.15) is 5.75 Å². The van der Waals surface area contributed by atoms with Crippen LogP contribution in [0.2, 0.25) is 0 Å². The number of amides is 1. The normalized spacial score (nSPS) is 15.7. The second-order valence-electron chi connectivity index (χ2n) is 7.04. The Morgan fingerprint density at radius 3 is 2.58 bits per heavy atom. The van der Waals surface area contributed by atoms with Gasteiger partial charge in [-0.1, -0.05) is 18.2 Å². The van der Waals surface area contributed by atoms with Gasteiger partial charge in [0.2, 0.25) is 0 Å². The molecule has 0 spiro atoms. The molecule has 1 atom stereocenters. The summed E-state index contributed by atoms with van der Waals surface area (Å²) in [6.07, 6.45) is 2.43. The smallest absolute Gasteiger partial charge is 0.251 e. The van der Waals surface area contributed by atoms with Crippen molar-refractivity contribution in [2.75, 3.05) is 26.7 Å². The minimum atomic E-state index is -0.0137. The van der Waals surface area contributed by atoms with Gasteiger partial charge in [0.25, 0.3) is 5.91 Å². The average Bonchev–Trinajstić information content (AvgIpc) is 3.18. The van der Waals surface area contributed by atoms with Crippen molar-refractivity contribution in [1.29, 1.82) is 0 Å². The van der Waals surface area contributed by atoms with E-state index in [-0.39, 0.29) is 11.9 Å². The van der Waals surface area contributed by atoms with Crippen molar-refractivity contribution in [1.82, 2.24) is 10.2 Å². The Morgan fingerprint density at radius 1 is 1.12 bits per heavy atom. The van der Waals surface area contributed by atoms with Crippen LogP contribution in [0.4, 0.5) is 0 Å². The molecule has 2 aromatic rings. The van der Waals surface area contributed by atoms with Gasteiger partial charge in [0.15, 0.2) is 0 Å². The van der Waals surface area contributed by atoms with Crippen molar-refractivity contribution in [3.05, 3.63) is 64.7 Å². The van der Waals surface area contributed by atoms with Gasteiger partial charge >= 0.3 is 0 Å². The molecule has 0 aromatic heterocycles. The molecule has 0 bridgehead atoms. The summed E-state index contributed by atoms with van der Waals surface area (Å²) in [5.74, 6) is 0.840. The van der Waals surface area contributed by atoms with Crippen LogP contribution < -0.4 is 10.1 Å². The lowest BCUT2D eigenvalue weighted by atomic mass is 10.0. The number of carbonyl (C=O) groups excluding carboxylic acids is 1. The zero-order chi connectivity index (χ0) is 18.5. The second-order valence-corrected chi connectivity index (χ2v) is 7.04. The maximum absolute atomic E-state index is 12.6. The molecule has 1 unspecified atom stereocenters. The van der Waals surface area contributed by atoms with Gasteiger partial charge in [-0.25, -0.2) is 0 Å². The third kappa shape index (κ3) is 4.25. The van der Waals surface area contributed by atoms with Crippen LogP contribution in [-0.2, 0) is 0 Å². The summed E-state index contributed by atoms with van der Waals surface area (Å²) >= 11 is 0. The van der Waals surface area contributed by atoms with Crippen molar-refractivity contribution in [2.45, 2.75) is 32.7 Å². The maximum Gasteiger partial charge on any atom is 0.251 e. The van der Waals surface area contributed by atoms with E-state index in [0.717, 1.165) is 30.0 Å². The molecule has 1 aliphatic rings. The minimum absolute atomic E-state index is 0.0137. The van der Waals surface area contributed by atoms with Crippen molar-refractivity contribution >= 4 is 5.91 Å². The Balaban J connectivity index is 1.75. The van der Waals surface area contributed by atoms with E-state index in [4.69, 9.17) is 4.74 Å². The number of ether oxygens (including phenoxy) is 1. The predicted molar refractivity (Wildman–Crippen MR) is 105 cm³/mol. The molecule has 26 heavy (non-hydrogen) atoms. The fourth-order valence-corrected chi connectivity index (χ4v) is 3.53. The lowest BCUT2D eigenvalue weighted by Gasteiger charge is -2.28. The first-order valence-corrected chi connectivity index (χ1v) is 9.32. The largest absolute Gasteiger partial charge is 0.497 e. The van der Waals surface area contributed by atoms with Gasteiger partial charge in [0, 0.05) is 12.1 Å². The first-order valence-electron chi connectivity index (χ1n) is 9.32. The highest BCUT2D eigenvalue weighted by Crippen LogP contribution is 2.27. The number of nitrogens with one attached hydrogen (secondary N) is 1. The molecule has 3 rings (SSSR count). The van der Waals surface area contributed by atoms with Gasteiger partial charge in [-0.2, -0.15) is 0 Å². The first-order chi connectivity index (χ1) is 12.6. The lowest BCUT2D eigenvalue weighted by molar-refractivity contribution is 0.0938. The lowest BCUT2D eigenvalue weighted by Crippen LogP contribution is -2.36. The van der Waals surface area contributed by atoms with E-state index in [2.05, 4.69) is 29.3 Å². The van der Waals surface area contributed by atoms with E-state index in [0.29, 0.717) is 6.54 Å². The number of likely N-dealkylation sites (tertiary alicyclic amines) is 1. The highest BCUT2D eigenvalue weighted by atomic mass is 16.5. The monoisotopic (exact) mass is 352 g/mol. The standard InChI is InChI=1S/C22H28N2O2/c1-16-9-10-19(13-17(16)2)22(25)23-15-21(24-11-4-5-12-24)18-7-6-8-20(14-18)26-3/h6-10,13-14,21H,4-5,11-12,15H2,1-3H3,(H,23,25). The van der Waals surface area contributed by atoms with Crippen LogP contribution in [0, 0.1) is 13.8 Å². The quantitative estimate of drug-likeness (QED) is 0.858. The molecule has 0 aliphatic carbocycles. The first kappa shape index (κ1) is 18.5. The number of rotatable bonds is 6. The summed E-state index contributed by atoms with van der Waals surface area (Å²) in [5.41, 5.74) is 4.25. The van der Waals surface area contributed by atoms with Gasteiger partial charge < -0.3 is 10.1 Å². The summed E-state index contributed by atoms with van der Waals surface area (Å²) in [6.45, 7) is 6.83. The fourth-order valence-electron chi connectivity index (χ4n) is 3.53. The van der Waals surface area contributed by atoms with Crippen molar-refractivity contribution in [2.24, 2.45) is 0 Å². The van der Waals surface area contributed by atoms with Gasteiger partial charge in [-0.15, -0.1) is 0 Å². The van der Waals surface area contributed by atoms with Gasteiger partial charge in [-0.3, -0.25) is 9.69 Å². The Morgan fingerprint density at radius 2 is 1.88 bits per heavy atom. The topological polar surface area (TPSA) is 41.6 Å². The fraction of sp³-hybridized carbons (Fsp3) is 0.409. The molecule has 1 N–H and O–H groups in total. The van der Waals surface area contributed by atoms with Gasteiger partial charge in [-0.05, 0) is 80.7 Å². The average molecular weight is 352 g/mol. The summed E-state index contributed by atoms with van der Waals surface area (Å²) in [4.78, 5) is 15.1. The third-order valence-electron chi connectivity index (χ3n) is 5.29. The molecule has 1 heterocycles. The molecule has 2 aromatic carbocycles. The molecule has 4 nitrogen and oxygen atoms in total. The molecular formula is C22H28N2O2. The number of nitrogens with zero attached hydrogens (tertiary/aromatic N) is 1. The number of carbonyl (C=O) groups is 1. The van der Waals surface area contributed by atoms with E-state index in [1.807, 2.05) is 37.3 Å². The van der Waals surface area contributed by atoms with Gasteiger partial charge in [0.05, 0.1) is 13.2 Å². The van der Waals surface area contributed by atoms with Crippen LogP contribution in [0.3, 0.4) is 0 Å². The molecule has 4 heteroatoms. The van der Waals surface area contributed by atoms with E-state index in [1.54, 1.807) is 7.11 Å². The molecule has 1 amide bonds.